The highest BCUT2D eigenvalue weighted by atomic mass is 15.2. The predicted octanol–water partition coefficient (Wildman–Crippen LogP) is 10.6. The summed E-state index contributed by atoms with van der Waals surface area (Å²) in [6.07, 6.45) is 0. The second-order valence-electron chi connectivity index (χ2n) is 12.1. The van der Waals surface area contributed by atoms with Crippen LogP contribution in [0.2, 0.25) is 0 Å². The Morgan fingerprint density at radius 3 is 1.85 bits per heavy atom. The van der Waals surface area contributed by atoms with Gasteiger partial charge in [-0.3, -0.25) is 9.13 Å². The Morgan fingerprint density at radius 1 is 0.396 bits per heavy atom. The Hall–Kier alpha value is -6.59. The highest BCUT2D eigenvalue weighted by Gasteiger charge is 2.21. The summed E-state index contributed by atoms with van der Waals surface area (Å²) < 4.78 is 4.52. The molecule has 0 atom stereocenters. The summed E-state index contributed by atoms with van der Waals surface area (Å²) in [6, 6.07) is 57.1. The van der Waals surface area contributed by atoms with Gasteiger partial charge in [0.25, 0.3) is 0 Å². The number of imidazole rings is 1. The molecule has 0 bridgehead atoms. The standard InChI is InChI=1S/C43H27N5/c1-4-14-28(15-5-1)40-33-21-10-12-22-36(33)45-43(46-40)48-38-23-13-11-20-32(38)35-26-30-24-25-37-41(34(30)27-39(35)48)47(31-18-8-3-9-19-31)42(44-37)29-16-6-2-7-17-29/h1-27H. The third-order valence-electron chi connectivity index (χ3n) is 9.31. The second kappa shape index (κ2) is 10.5. The van der Waals surface area contributed by atoms with E-state index in [9.17, 15) is 0 Å². The van der Waals surface area contributed by atoms with Crippen LogP contribution in [0.5, 0.6) is 0 Å². The third-order valence-corrected chi connectivity index (χ3v) is 9.31. The summed E-state index contributed by atoms with van der Waals surface area (Å²) >= 11 is 0. The highest BCUT2D eigenvalue weighted by Crippen LogP contribution is 2.39. The van der Waals surface area contributed by atoms with Crippen molar-refractivity contribution in [3.8, 4) is 34.3 Å². The molecule has 48 heavy (non-hydrogen) atoms. The molecule has 0 fully saturated rings. The number of rotatable bonds is 4. The van der Waals surface area contributed by atoms with Gasteiger partial charge in [-0.05, 0) is 47.9 Å². The van der Waals surface area contributed by atoms with E-state index in [1.807, 2.05) is 18.2 Å². The fourth-order valence-electron chi connectivity index (χ4n) is 7.16. The molecule has 5 nitrogen and oxygen atoms in total. The number of benzene rings is 7. The zero-order valence-corrected chi connectivity index (χ0v) is 25.8. The van der Waals surface area contributed by atoms with Crippen LogP contribution in [0.4, 0.5) is 0 Å². The minimum atomic E-state index is 0.645. The molecule has 0 aliphatic carbocycles. The minimum absolute atomic E-state index is 0.645. The number of nitrogens with zero attached hydrogens (tertiary/aromatic N) is 5. The van der Waals surface area contributed by atoms with E-state index in [4.69, 9.17) is 15.0 Å². The van der Waals surface area contributed by atoms with Gasteiger partial charge in [-0.15, -0.1) is 0 Å². The number of hydrogen-bond donors (Lipinski definition) is 0. The van der Waals surface area contributed by atoms with Crippen LogP contribution in [0.15, 0.2) is 164 Å². The van der Waals surface area contributed by atoms with Crippen molar-refractivity contribution in [1.29, 1.82) is 0 Å². The molecule has 0 aliphatic rings. The van der Waals surface area contributed by atoms with E-state index >= 15 is 0 Å². The summed E-state index contributed by atoms with van der Waals surface area (Å²) in [6.45, 7) is 0. The number of fused-ring (bicyclic) bond motifs is 7. The number of aromatic nitrogens is 5. The summed E-state index contributed by atoms with van der Waals surface area (Å²) in [5.41, 5.74) is 9.15. The van der Waals surface area contributed by atoms with E-state index in [-0.39, 0.29) is 0 Å². The van der Waals surface area contributed by atoms with Crippen LogP contribution in [0.1, 0.15) is 0 Å². The van der Waals surface area contributed by atoms with E-state index in [0.29, 0.717) is 5.95 Å². The van der Waals surface area contributed by atoms with Crippen molar-refractivity contribution in [2.45, 2.75) is 0 Å². The molecule has 3 heterocycles. The fraction of sp³-hybridized carbons (Fsp3) is 0. The quantitative estimate of drug-likeness (QED) is 0.198. The Balaban J connectivity index is 1.34. The molecule has 0 spiro atoms. The van der Waals surface area contributed by atoms with Crippen LogP contribution >= 0.6 is 0 Å². The average Bonchev–Trinajstić information content (AvgIpc) is 3.71. The molecule has 5 heteroatoms. The first-order chi connectivity index (χ1) is 23.8. The van der Waals surface area contributed by atoms with E-state index in [2.05, 4.69) is 155 Å². The van der Waals surface area contributed by atoms with Crippen molar-refractivity contribution in [2.24, 2.45) is 0 Å². The Kier molecular flexibility index (Phi) is 5.81. The molecule has 0 unspecified atom stereocenters. The monoisotopic (exact) mass is 613 g/mol. The molecular formula is C43H27N5. The molecule has 0 aliphatic heterocycles. The maximum absolute atomic E-state index is 5.30. The van der Waals surface area contributed by atoms with Crippen LogP contribution in [0.3, 0.4) is 0 Å². The lowest BCUT2D eigenvalue weighted by atomic mass is 10.0. The lowest BCUT2D eigenvalue weighted by Crippen LogP contribution is -2.03. The van der Waals surface area contributed by atoms with Gasteiger partial charge in [-0.25, -0.2) is 15.0 Å². The van der Waals surface area contributed by atoms with Gasteiger partial charge in [0.15, 0.2) is 0 Å². The zero-order chi connectivity index (χ0) is 31.6. The number of para-hydroxylation sites is 3. The van der Waals surface area contributed by atoms with E-state index in [1.54, 1.807) is 0 Å². The maximum atomic E-state index is 5.30. The molecule has 7 aromatic carbocycles. The largest absolute Gasteiger partial charge is 0.292 e. The Labute approximate surface area is 276 Å². The molecular weight excluding hydrogens is 587 g/mol. The first kappa shape index (κ1) is 26.6. The SMILES string of the molecule is c1ccc(-c2nc(-n3c4ccccc4c4cc5ccc6nc(-c7ccccc7)n(-c7ccccc7)c6c5cc43)nc3ccccc23)cc1. The Morgan fingerprint density at radius 2 is 1.06 bits per heavy atom. The van der Waals surface area contributed by atoms with Crippen molar-refractivity contribution in [2.75, 3.05) is 0 Å². The van der Waals surface area contributed by atoms with Gasteiger partial charge in [0.1, 0.15) is 5.82 Å². The maximum Gasteiger partial charge on any atom is 0.235 e. The normalized spacial score (nSPS) is 11.8. The van der Waals surface area contributed by atoms with Crippen molar-refractivity contribution in [1.82, 2.24) is 24.1 Å². The summed E-state index contributed by atoms with van der Waals surface area (Å²) in [4.78, 5) is 15.7. The lowest BCUT2D eigenvalue weighted by Gasteiger charge is -2.13. The smallest absolute Gasteiger partial charge is 0.235 e. The third kappa shape index (κ3) is 4.01. The highest BCUT2D eigenvalue weighted by molar-refractivity contribution is 6.17. The molecule has 10 aromatic rings. The lowest BCUT2D eigenvalue weighted by molar-refractivity contribution is 1.01. The van der Waals surface area contributed by atoms with Gasteiger partial charge >= 0.3 is 0 Å². The minimum Gasteiger partial charge on any atom is -0.292 e. The van der Waals surface area contributed by atoms with Crippen LogP contribution < -0.4 is 0 Å². The molecule has 3 aromatic heterocycles. The van der Waals surface area contributed by atoms with E-state index < -0.39 is 0 Å². The van der Waals surface area contributed by atoms with Crippen molar-refractivity contribution in [3.63, 3.8) is 0 Å². The van der Waals surface area contributed by atoms with Crippen molar-refractivity contribution >= 4 is 54.5 Å². The van der Waals surface area contributed by atoms with Crippen LogP contribution in [-0.2, 0) is 0 Å². The summed E-state index contributed by atoms with van der Waals surface area (Å²) in [7, 11) is 0. The van der Waals surface area contributed by atoms with Gasteiger partial charge in [0.05, 0.1) is 33.3 Å². The second-order valence-corrected chi connectivity index (χ2v) is 12.1. The molecule has 10 rings (SSSR count). The molecule has 0 N–H and O–H groups in total. The molecule has 0 saturated carbocycles. The summed E-state index contributed by atoms with van der Waals surface area (Å²) in [5.74, 6) is 1.56. The summed E-state index contributed by atoms with van der Waals surface area (Å²) in [5, 5.41) is 5.62. The average molecular weight is 614 g/mol. The number of hydrogen-bond acceptors (Lipinski definition) is 3. The van der Waals surface area contributed by atoms with Gasteiger partial charge in [0.2, 0.25) is 5.95 Å². The zero-order valence-electron chi connectivity index (χ0n) is 25.8. The fourth-order valence-corrected chi connectivity index (χ4v) is 7.16. The van der Waals surface area contributed by atoms with Gasteiger partial charge in [0, 0.05) is 38.4 Å². The van der Waals surface area contributed by atoms with Crippen molar-refractivity contribution in [3.05, 3.63) is 164 Å². The van der Waals surface area contributed by atoms with E-state index in [0.717, 1.165) is 82.8 Å². The molecule has 224 valence electrons. The molecule has 0 amide bonds. The van der Waals surface area contributed by atoms with Crippen molar-refractivity contribution < 1.29 is 0 Å². The van der Waals surface area contributed by atoms with Gasteiger partial charge in [-0.2, -0.15) is 0 Å². The first-order valence-corrected chi connectivity index (χ1v) is 16.1. The van der Waals surface area contributed by atoms with Crippen LogP contribution in [0, 0.1) is 0 Å². The van der Waals surface area contributed by atoms with E-state index in [1.165, 1.54) is 0 Å². The first-order valence-electron chi connectivity index (χ1n) is 16.1. The van der Waals surface area contributed by atoms with Crippen LogP contribution in [-0.4, -0.2) is 24.1 Å². The van der Waals surface area contributed by atoms with Gasteiger partial charge < -0.3 is 0 Å². The van der Waals surface area contributed by atoms with Crippen LogP contribution in [0.25, 0.3) is 88.8 Å². The van der Waals surface area contributed by atoms with Gasteiger partial charge in [-0.1, -0.05) is 121 Å². The molecule has 0 radical (unpaired) electrons. The predicted molar refractivity (Wildman–Crippen MR) is 197 cm³/mol. The topological polar surface area (TPSA) is 48.5 Å². The molecule has 0 saturated heterocycles. The Bertz CT molecular complexity index is 2820.